The maximum absolute atomic E-state index is 10.9. The van der Waals surface area contributed by atoms with Gasteiger partial charge in [-0.1, -0.05) is 0 Å². The molecule has 0 spiro atoms. The first-order valence-corrected chi connectivity index (χ1v) is 4.84. The molecule has 0 aromatic carbocycles. The highest BCUT2D eigenvalue weighted by molar-refractivity contribution is 5.66. The molecule has 0 aliphatic heterocycles. The summed E-state index contributed by atoms with van der Waals surface area (Å²) in [6.07, 6.45) is 2.33. The van der Waals surface area contributed by atoms with Gasteiger partial charge in [-0.25, -0.2) is 4.79 Å². The summed E-state index contributed by atoms with van der Waals surface area (Å²) >= 11 is 0. The highest BCUT2D eigenvalue weighted by atomic mass is 16.5. The summed E-state index contributed by atoms with van der Waals surface area (Å²) in [6, 6.07) is 1.69. The smallest absolute Gasteiger partial charge is 0.407 e. The summed E-state index contributed by atoms with van der Waals surface area (Å²) < 4.78 is 9.49. The number of ether oxygens (including phenoxy) is 1. The highest BCUT2D eigenvalue weighted by Gasteiger charge is 2.09. The molecule has 0 aliphatic carbocycles. The van der Waals surface area contributed by atoms with Crippen LogP contribution in [0.15, 0.2) is 23.0 Å². The van der Waals surface area contributed by atoms with Crippen molar-refractivity contribution < 1.29 is 19.1 Å². The van der Waals surface area contributed by atoms with Crippen LogP contribution in [0.4, 0.5) is 4.79 Å². The van der Waals surface area contributed by atoms with E-state index < -0.39 is 12.2 Å². The van der Waals surface area contributed by atoms with Crippen molar-refractivity contribution in [3.8, 4) is 0 Å². The normalized spacial score (nSPS) is 12.1. The lowest BCUT2D eigenvalue weighted by Gasteiger charge is -2.08. The largest absolute Gasteiger partial charge is 0.472 e. The van der Waals surface area contributed by atoms with Crippen molar-refractivity contribution in [3.63, 3.8) is 0 Å². The lowest BCUT2D eigenvalue weighted by molar-refractivity contribution is 0.143. The van der Waals surface area contributed by atoms with Crippen LogP contribution in [0.1, 0.15) is 25.0 Å². The second-order valence-corrected chi connectivity index (χ2v) is 3.01. The first-order valence-electron chi connectivity index (χ1n) is 4.84. The van der Waals surface area contributed by atoms with Crippen LogP contribution in [0.3, 0.4) is 0 Å². The zero-order valence-electron chi connectivity index (χ0n) is 8.60. The number of hydrogen-bond donors (Lipinski definition) is 2. The van der Waals surface area contributed by atoms with E-state index >= 15 is 0 Å². The summed E-state index contributed by atoms with van der Waals surface area (Å²) in [4.78, 5) is 10.9. The van der Waals surface area contributed by atoms with E-state index in [9.17, 15) is 9.90 Å². The van der Waals surface area contributed by atoms with Crippen molar-refractivity contribution in [1.29, 1.82) is 0 Å². The molecule has 1 unspecified atom stereocenters. The molecule has 1 aromatic heterocycles. The van der Waals surface area contributed by atoms with Gasteiger partial charge in [0.15, 0.2) is 0 Å². The molecule has 5 nitrogen and oxygen atoms in total. The number of carbonyl (C=O) groups is 1. The number of carbonyl (C=O) groups excluding carboxylic acids is 1. The lowest BCUT2D eigenvalue weighted by Crippen LogP contribution is -2.26. The van der Waals surface area contributed by atoms with Crippen LogP contribution >= 0.6 is 0 Å². The van der Waals surface area contributed by atoms with Crippen molar-refractivity contribution in [2.45, 2.75) is 19.4 Å². The molecule has 15 heavy (non-hydrogen) atoms. The van der Waals surface area contributed by atoms with Gasteiger partial charge >= 0.3 is 6.09 Å². The number of alkyl carbamates (subject to hydrolysis) is 1. The van der Waals surface area contributed by atoms with E-state index in [4.69, 9.17) is 4.42 Å². The third-order valence-corrected chi connectivity index (χ3v) is 1.89. The first-order chi connectivity index (χ1) is 7.24. The van der Waals surface area contributed by atoms with E-state index in [1.165, 1.54) is 12.5 Å². The molecule has 1 heterocycles. The van der Waals surface area contributed by atoms with Gasteiger partial charge in [0.25, 0.3) is 0 Å². The van der Waals surface area contributed by atoms with Crippen molar-refractivity contribution in [1.82, 2.24) is 5.32 Å². The van der Waals surface area contributed by atoms with Gasteiger partial charge in [-0.2, -0.15) is 0 Å². The molecule has 0 aliphatic rings. The molecule has 0 saturated carbocycles. The second kappa shape index (κ2) is 6.08. The number of aliphatic hydroxyl groups is 1. The summed E-state index contributed by atoms with van der Waals surface area (Å²) in [5.74, 6) is 0. The van der Waals surface area contributed by atoms with E-state index in [0.29, 0.717) is 25.1 Å². The number of nitrogens with one attached hydrogen (secondary N) is 1. The van der Waals surface area contributed by atoms with Crippen LogP contribution in [-0.4, -0.2) is 24.4 Å². The Bertz CT molecular complexity index is 284. The number of amides is 1. The summed E-state index contributed by atoms with van der Waals surface area (Å²) in [6.45, 7) is 2.45. The molecule has 1 atom stereocenters. The SMILES string of the molecule is CCOC(=O)NCCC(O)c1ccoc1. The molecule has 2 N–H and O–H groups in total. The number of furan rings is 1. The van der Waals surface area contributed by atoms with Crippen LogP contribution < -0.4 is 5.32 Å². The molecular weight excluding hydrogens is 198 g/mol. The van der Waals surface area contributed by atoms with Crippen LogP contribution in [0.5, 0.6) is 0 Å². The van der Waals surface area contributed by atoms with Gasteiger partial charge < -0.3 is 19.6 Å². The Balaban J connectivity index is 2.18. The molecule has 0 radical (unpaired) electrons. The van der Waals surface area contributed by atoms with Gasteiger partial charge in [0.2, 0.25) is 0 Å². The minimum atomic E-state index is -0.620. The van der Waals surface area contributed by atoms with Crippen LogP contribution in [-0.2, 0) is 4.74 Å². The Morgan fingerprint density at radius 1 is 1.73 bits per heavy atom. The average Bonchev–Trinajstić information content (AvgIpc) is 2.70. The van der Waals surface area contributed by atoms with E-state index in [0.717, 1.165) is 0 Å². The molecule has 1 rings (SSSR count). The van der Waals surface area contributed by atoms with E-state index in [1.807, 2.05) is 0 Å². The van der Waals surface area contributed by atoms with Gasteiger partial charge in [-0.15, -0.1) is 0 Å². The summed E-state index contributed by atoms with van der Waals surface area (Å²) in [5, 5.41) is 12.1. The van der Waals surface area contributed by atoms with Crippen LogP contribution in [0.25, 0.3) is 0 Å². The zero-order valence-corrected chi connectivity index (χ0v) is 8.60. The van der Waals surface area contributed by atoms with E-state index in [2.05, 4.69) is 10.1 Å². The predicted octanol–water partition coefficient (Wildman–Crippen LogP) is 1.45. The number of hydrogen-bond acceptors (Lipinski definition) is 4. The number of rotatable bonds is 5. The van der Waals surface area contributed by atoms with E-state index in [-0.39, 0.29) is 0 Å². The fourth-order valence-corrected chi connectivity index (χ4v) is 1.12. The molecule has 84 valence electrons. The molecular formula is C10H15NO4. The standard InChI is InChI=1S/C10H15NO4/c1-2-15-10(13)11-5-3-9(12)8-4-6-14-7-8/h4,6-7,9,12H,2-3,5H2,1H3,(H,11,13). The average molecular weight is 213 g/mol. The minimum Gasteiger partial charge on any atom is -0.472 e. The number of aliphatic hydroxyl groups excluding tert-OH is 1. The quantitative estimate of drug-likeness (QED) is 0.776. The van der Waals surface area contributed by atoms with Crippen molar-refractivity contribution in [3.05, 3.63) is 24.2 Å². The molecule has 1 amide bonds. The maximum atomic E-state index is 10.9. The van der Waals surface area contributed by atoms with Gasteiger partial charge in [-0.05, 0) is 19.4 Å². The lowest BCUT2D eigenvalue weighted by atomic mass is 10.1. The maximum Gasteiger partial charge on any atom is 0.407 e. The third-order valence-electron chi connectivity index (χ3n) is 1.89. The van der Waals surface area contributed by atoms with Crippen LogP contribution in [0, 0.1) is 0 Å². The van der Waals surface area contributed by atoms with Crippen molar-refractivity contribution >= 4 is 6.09 Å². The van der Waals surface area contributed by atoms with Crippen LogP contribution in [0.2, 0.25) is 0 Å². The van der Waals surface area contributed by atoms with Crippen molar-refractivity contribution in [2.24, 2.45) is 0 Å². The van der Waals surface area contributed by atoms with Gasteiger partial charge in [0.1, 0.15) is 0 Å². The van der Waals surface area contributed by atoms with E-state index in [1.54, 1.807) is 13.0 Å². The monoisotopic (exact) mass is 213 g/mol. The minimum absolute atomic E-state index is 0.343. The summed E-state index contributed by atoms with van der Waals surface area (Å²) in [5.41, 5.74) is 0.709. The Kier molecular flexibility index (Phi) is 4.70. The fourth-order valence-electron chi connectivity index (χ4n) is 1.12. The third kappa shape index (κ3) is 4.03. The van der Waals surface area contributed by atoms with Gasteiger partial charge in [-0.3, -0.25) is 0 Å². The Morgan fingerprint density at radius 3 is 3.13 bits per heavy atom. The predicted molar refractivity (Wildman–Crippen MR) is 53.3 cm³/mol. The molecule has 0 fully saturated rings. The Hall–Kier alpha value is -1.49. The first kappa shape index (κ1) is 11.6. The Labute approximate surface area is 88.0 Å². The summed E-state index contributed by atoms with van der Waals surface area (Å²) in [7, 11) is 0. The second-order valence-electron chi connectivity index (χ2n) is 3.01. The van der Waals surface area contributed by atoms with Crippen molar-refractivity contribution in [2.75, 3.05) is 13.2 Å². The Morgan fingerprint density at radius 2 is 2.53 bits per heavy atom. The molecule has 0 saturated heterocycles. The fraction of sp³-hybridized carbons (Fsp3) is 0.500. The van der Waals surface area contributed by atoms with Gasteiger partial charge in [0, 0.05) is 12.1 Å². The highest BCUT2D eigenvalue weighted by Crippen LogP contribution is 2.15. The zero-order chi connectivity index (χ0) is 11.1. The topological polar surface area (TPSA) is 71.7 Å². The molecule has 0 bridgehead atoms. The molecule has 5 heteroatoms. The molecule has 1 aromatic rings. The van der Waals surface area contributed by atoms with Gasteiger partial charge in [0.05, 0.1) is 25.2 Å².